The second kappa shape index (κ2) is 5.96. The molecule has 3 rings (SSSR count). The van der Waals surface area contributed by atoms with Crippen molar-refractivity contribution >= 4 is 33.7 Å². The highest BCUT2D eigenvalue weighted by atomic mass is 32.2. The van der Waals surface area contributed by atoms with E-state index >= 15 is 0 Å². The minimum atomic E-state index is -0.143. The van der Waals surface area contributed by atoms with Crippen LogP contribution in [0.15, 0.2) is 32.0 Å². The molecule has 0 aliphatic carbocycles. The molecule has 0 bridgehead atoms. The van der Waals surface area contributed by atoms with Crippen LogP contribution in [0.5, 0.6) is 11.5 Å². The molecule has 116 valence electrons. The van der Waals surface area contributed by atoms with Crippen molar-refractivity contribution in [2.45, 2.75) is 12.7 Å². The molecule has 3 aromatic rings. The molecule has 0 amide bonds. The highest BCUT2D eigenvalue weighted by molar-refractivity contribution is 7.97. The molecule has 0 aliphatic heterocycles. The number of fused-ring (bicyclic) bond motifs is 2. The first-order chi connectivity index (χ1) is 10.7. The summed E-state index contributed by atoms with van der Waals surface area (Å²) in [5, 5.41) is 1.09. The van der Waals surface area contributed by atoms with Gasteiger partial charge in [-0.05, 0) is 19.2 Å². The van der Waals surface area contributed by atoms with E-state index in [-0.39, 0.29) is 5.43 Å². The predicted octanol–water partition coefficient (Wildman–Crippen LogP) is 3.81. The number of hydrogen-bond donors (Lipinski definition) is 0. The molecule has 0 aliphatic rings. The fourth-order valence-electron chi connectivity index (χ4n) is 2.51. The third kappa shape index (κ3) is 2.23. The number of thioether (sulfide) groups is 1. The molecule has 0 unspecified atom stereocenters. The van der Waals surface area contributed by atoms with Crippen LogP contribution < -0.4 is 14.9 Å². The molecule has 0 N–H and O–H groups in total. The molecule has 0 saturated heterocycles. The molecule has 5 nitrogen and oxygen atoms in total. The molecule has 2 heterocycles. The van der Waals surface area contributed by atoms with E-state index in [2.05, 4.69) is 0 Å². The molecule has 0 atom stereocenters. The van der Waals surface area contributed by atoms with Crippen LogP contribution in [0.1, 0.15) is 12.7 Å². The van der Waals surface area contributed by atoms with Gasteiger partial charge in [0.25, 0.3) is 0 Å². The third-order valence-electron chi connectivity index (χ3n) is 3.33. The Morgan fingerprint density at radius 1 is 1.27 bits per heavy atom. The topological polar surface area (TPSA) is 61.8 Å². The maximum Gasteiger partial charge on any atom is 0.206 e. The summed E-state index contributed by atoms with van der Waals surface area (Å²) in [6.45, 7) is 2.30. The first-order valence-corrected chi connectivity index (χ1v) is 8.26. The van der Waals surface area contributed by atoms with Gasteiger partial charge >= 0.3 is 0 Å². The summed E-state index contributed by atoms with van der Waals surface area (Å²) >= 11 is 1.58. The number of furan rings is 1. The third-order valence-corrected chi connectivity index (χ3v) is 3.90. The minimum Gasteiger partial charge on any atom is -0.492 e. The first-order valence-electron chi connectivity index (χ1n) is 6.86. The Kier molecular flexibility index (Phi) is 4.02. The van der Waals surface area contributed by atoms with Crippen LogP contribution in [-0.2, 0) is 5.75 Å². The van der Waals surface area contributed by atoms with Crippen LogP contribution >= 0.6 is 11.8 Å². The van der Waals surface area contributed by atoms with Crippen molar-refractivity contribution in [1.29, 1.82) is 0 Å². The summed E-state index contributed by atoms with van der Waals surface area (Å²) in [5.74, 6) is 2.09. The van der Waals surface area contributed by atoms with Gasteiger partial charge in [0.1, 0.15) is 16.9 Å². The summed E-state index contributed by atoms with van der Waals surface area (Å²) in [6, 6.07) is 3.27. The zero-order valence-electron chi connectivity index (χ0n) is 12.6. The summed E-state index contributed by atoms with van der Waals surface area (Å²) in [4.78, 5) is 12.6. The minimum absolute atomic E-state index is 0.143. The van der Waals surface area contributed by atoms with Crippen molar-refractivity contribution < 1.29 is 18.3 Å². The van der Waals surface area contributed by atoms with E-state index in [0.29, 0.717) is 51.6 Å². The molecular formula is C16H16O5S. The molecule has 0 saturated carbocycles. The zero-order chi connectivity index (χ0) is 15.7. The number of ether oxygens (including phenoxy) is 2. The SMILES string of the molecule is CCOc1c2ccoc2c(OC)c2oc(CSC)cc(=O)c12. The van der Waals surface area contributed by atoms with Crippen molar-refractivity contribution in [3.05, 3.63) is 34.4 Å². The second-order valence-corrected chi connectivity index (χ2v) is 5.54. The van der Waals surface area contributed by atoms with Gasteiger partial charge in [-0.25, -0.2) is 0 Å². The Morgan fingerprint density at radius 2 is 2.09 bits per heavy atom. The lowest BCUT2D eigenvalue weighted by atomic mass is 10.1. The van der Waals surface area contributed by atoms with Crippen LogP contribution in [0, 0.1) is 0 Å². The average molecular weight is 320 g/mol. The summed E-state index contributed by atoms with van der Waals surface area (Å²) in [7, 11) is 1.53. The number of hydrogen-bond acceptors (Lipinski definition) is 6. The number of rotatable bonds is 5. The maximum absolute atomic E-state index is 12.6. The van der Waals surface area contributed by atoms with Crippen molar-refractivity contribution in [3.63, 3.8) is 0 Å². The molecule has 22 heavy (non-hydrogen) atoms. The van der Waals surface area contributed by atoms with E-state index in [4.69, 9.17) is 18.3 Å². The van der Waals surface area contributed by atoms with Crippen molar-refractivity contribution in [1.82, 2.24) is 0 Å². The van der Waals surface area contributed by atoms with Crippen molar-refractivity contribution in [2.75, 3.05) is 20.0 Å². The van der Waals surface area contributed by atoms with Crippen LogP contribution in [-0.4, -0.2) is 20.0 Å². The predicted molar refractivity (Wildman–Crippen MR) is 87.2 cm³/mol. The van der Waals surface area contributed by atoms with Gasteiger partial charge in [0.15, 0.2) is 16.6 Å². The lowest BCUT2D eigenvalue weighted by Gasteiger charge is -2.12. The van der Waals surface area contributed by atoms with Gasteiger partial charge in [-0.3, -0.25) is 4.79 Å². The van der Waals surface area contributed by atoms with E-state index in [1.54, 1.807) is 24.1 Å². The quantitative estimate of drug-likeness (QED) is 0.712. The monoisotopic (exact) mass is 320 g/mol. The number of benzene rings is 1. The van der Waals surface area contributed by atoms with Gasteiger partial charge in [0, 0.05) is 6.07 Å². The second-order valence-electron chi connectivity index (χ2n) is 4.67. The van der Waals surface area contributed by atoms with Gasteiger partial charge < -0.3 is 18.3 Å². The molecule has 2 aromatic heterocycles. The molecule has 0 spiro atoms. The highest BCUT2D eigenvalue weighted by Gasteiger charge is 2.22. The maximum atomic E-state index is 12.6. The smallest absolute Gasteiger partial charge is 0.206 e. The molecule has 0 radical (unpaired) electrons. The zero-order valence-corrected chi connectivity index (χ0v) is 13.4. The van der Waals surface area contributed by atoms with Gasteiger partial charge in [-0.2, -0.15) is 11.8 Å². The Labute approximate surface area is 131 Å². The fraction of sp³-hybridized carbons (Fsp3) is 0.312. The fourth-order valence-corrected chi connectivity index (χ4v) is 2.94. The lowest BCUT2D eigenvalue weighted by molar-refractivity contribution is 0.346. The van der Waals surface area contributed by atoms with Gasteiger partial charge in [-0.1, -0.05) is 0 Å². The summed E-state index contributed by atoms with van der Waals surface area (Å²) in [6.07, 6.45) is 3.49. The molecule has 1 aromatic carbocycles. The Hall–Kier alpha value is -2.08. The first kappa shape index (κ1) is 14.8. The van der Waals surface area contributed by atoms with E-state index in [1.807, 2.05) is 13.2 Å². The summed E-state index contributed by atoms with van der Waals surface area (Å²) < 4.78 is 22.5. The Bertz CT molecular complexity index is 877. The normalized spacial score (nSPS) is 11.2. The summed E-state index contributed by atoms with van der Waals surface area (Å²) in [5.41, 5.74) is 0.739. The van der Waals surface area contributed by atoms with E-state index in [9.17, 15) is 4.79 Å². The van der Waals surface area contributed by atoms with E-state index in [1.165, 1.54) is 13.2 Å². The lowest BCUT2D eigenvalue weighted by Crippen LogP contribution is -2.06. The van der Waals surface area contributed by atoms with Crippen molar-refractivity contribution in [2.24, 2.45) is 0 Å². The van der Waals surface area contributed by atoms with Crippen LogP contribution in [0.3, 0.4) is 0 Å². The van der Waals surface area contributed by atoms with E-state index < -0.39 is 0 Å². The molecule has 0 fully saturated rings. The van der Waals surface area contributed by atoms with Crippen LogP contribution in [0.2, 0.25) is 0 Å². The standard InChI is InChI=1S/C16H16O5S/c1-4-19-13-10-5-6-20-14(10)16(18-2)15-12(13)11(17)7-9(21-15)8-22-3/h5-7H,4,8H2,1-3H3. The van der Waals surface area contributed by atoms with Gasteiger partial charge in [0.05, 0.1) is 31.1 Å². The highest BCUT2D eigenvalue weighted by Crippen LogP contribution is 2.42. The van der Waals surface area contributed by atoms with Crippen LogP contribution in [0.25, 0.3) is 21.9 Å². The average Bonchev–Trinajstić information content (AvgIpc) is 2.96. The Balaban J connectivity index is 2.49. The Morgan fingerprint density at radius 3 is 2.77 bits per heavy atom. The molecular weight excluding hydrogens is 304 g/mol. The van der Waals surface area contributed by atoms with Crippen molar-refractivity contribution in [3.8, 4) is 11.5 Å². The van der Waals surface area contributed by atoms with Gasteiger partial charge in [-0.15, -0.1) is 0 Å². The van der Waals surface area contributed by atoms with E-state index in [0.717, 1.165) is 0 Å². The number of methoxy groups -OCH3 is 1. The molecule has 6 heteroatoms. The van der Waals surface area contributed by atoms with Crippen LogP contribution in [0.4, 0.5) is 0 Å². The van der Waals surface area contributed by atoms with Gasteiger partial charge in [0.2, 0.25) is 5.75 Å². The largest absolute Gasteiger partial charge is 0.492 e.